The second kappa shape index (κ2) is 5.28. The molecule has 0 spiro atoms. The lowest BCUT2D eigenvalue weighted by Crippen LogP contribution is -2.06. The molecule has 108 valence electrons. The summed E-state index contributed by atoms with van der Waals surface area (Å²) in [4.78, 5) is 1.02. The van der Waals surface area contributed by atoms with E-state index in [4.69, 9.17) is 0 Å². The van der Waals surface area contributed by atoms with Gasteiger partial charge in [0.15, 0.2) is 0 Å². The van der Waals surface area contributed by atoms with Crippen molar-refractivity contribution in [2.24, 2.45) is 0 Å². The summed E-state index contributed by atoms with van der Waals surface area (Å²) in [5.41, 5.74) is 5.95. The molecular weight excluding hydrogens is 276 g/mol. The average Bonchev–Trinajstić information content (AvgIpc) is 2.89. The van der Waals surface area contributed by atoms with Crippen LogP contribution >= 0.6 is 11.3 Å². The molecule has 1 nitrogen and oxygen atoms in total. The molecule has 0 amide bonds. The molecule has 1 aromatic heterocycles. The lowest BCUT2D eigenvalue weighted by molar-refractivity contribution is 0.222. The van der Waals surface area contributed by atoms with Crippen LogP contribution in [0.25, 0.3) is 10.1 Å². The highest BCUT2D eigenvalue weighted by molar-refractivity contribution is 7.19. The number of rotatable bonds is 2. The van der Waals surface area contributed by atoms with Gasteiger partial charge in [-0.2, -0.15) is 0 Å². The zero-order valence-electron chi connectivity index (χ0n) is 12.9. The van der Waals surface area contributed by atoms with Crippen LogP contribution in [-0.4, -0.2) is 5.11 Å². The monoisotopic (exact) mass is 296 g/mol. The van der Waals surface area contributed by atoms with Crippen molar-refractivity contribution in [2.45, 2.75) is 33.8 Å². The molecule has 2 heteroatoms. The van der Waals surface area contributed by atoms with Crippen LogP contribution < -0.4 is 0 Å². The Morgan fingerprint density at radius 2 is 1.52 bits per heavy atom. The molecule has 21 heavy (non-hydrogen) atoms. The normalized spacial score (nSPS) is 12.8. The van der Waals surface area contributed by atoms with Crippen molar-refractivity contribution in [3.05, 3.63) is 69.1 Å². The minimum Gasteiger partial charge on any atom is -0.383 e. The molecule has 0 radical (unpaired) electrons. The Morgan fingerprint density at radius 1 is 0.905 bits per heavy atom. The Morgan fingerprint density at radius 3 is 2.14 bits per heavy atom. The second-order valence-corrected chi connectivity index (χ2v) is 6.88. The van der Waals surface area contributed by atoms with Gasteiger partial charge >= 0.3 is 0 Å². The zero-order valence-corrected chi connectivity index (χ0v) is 13.7. The van der Waals surface area contributed by atoms with Crippen molar-refractivity contribution in [1.29, 1.82) is 0 Å². The third kappa shape index (κ3) is 2.39. The summed E-state index contributed by atoms with van der Waals surface area (Å²) in [5.74, 6) is 0. The Labute approximate surface area is 129 Å². The van der Waals surface area contributed by atoms with Crippen molar-refractivity contribution in [1.82, 2.24) is 0 Å². The second-order valence-electron chi connectivity index (χ2n) is 5.76. The number of aliphatic hydroxyl groups is 1. The first kappa shape index (κ1) is 14.3. The minimum atomic E-state index is -0.541. The van der Waals surface area contributed by atoms with Crippen LogP contribution in [0.3, 0.4) is 0 Å². The van der Waals surface area contributed by atoms with E-state index in [1.54, 1.807) is 11.3 Å². The standard InChI is InChI=1S/C19H20OS/c1-11-9-12(2)14(4)18(13(11)3)19(20)17-10-15-7-5-6-8-16(15)21-17/h5-10,19-20H,1-4H3. The van der Waals surface area contributed by atoms with Gasteiger partial charge in [0.05, 0.1) is 0 Å². The van der Waals surface area contributed by atoms with Gasteiger partial charge in [-0.3, -0.25) is 0 Å². The summed E-state index contributed by atoms with van der Waals surface area (Å²) in [5, 5.41) is 12.1. The van der Waals surface area contributed by atoms with Crippen LogP contribution in [0.4, 0.5) is 0 Å². The SMILES string of the molecule is Cc1cc(C)c(C)c(C(O)c2cc3ccccc3s2)c1C. The van der Waals surface area contributed by atoms with Gasteiger partial charge in [-0.1, -0.05) is 24.3 Å². The average molecular weight is 296 g/mol. The highest BCUT2D eigenvalue weighted by Gasteiger charge is 2.20. The third-order valence-electron chi connectivity index (χ3n) is 4.41. The Hall–Kier alpha value is -1.64. The molecule has 0 saturated carbocycles. The van der Waals surface area contributed by atoms with Gasteiger partial charge in [0.25, 0.3) is 0 Å². The number of fused-ring (bicyclic) bond motifs is 1. The number of hydrogen-bond donors (Lipinski definition) is 1. The van der Waals surface area contributed by atoms with E-state index in [2.05, 4.69) is 52.0 Å². The molecule has 2 aromatic carbocycles. The quantitative estimate of drug-likeness (QED) is 0.687. The molecule has 0 aliphatic rings. The predicted octanol–water partition coefficient (Wildman–Crippen LogP) is 5.22. The number of hydrogen-bond acceptors (Lipinski definition) is 2. The summed E-state index contributed by atoms with van der Waals surface area (Å²) in [6.07, 6.45) is -0.541. The zero-order chi connectivity index (χ0) is 15.1. The van der Waals surface area contributed by atoms with Gasteiger partial charge in [0.2, 0.25) is 0 Å². The van der Waals surface area contributed by atoms with E-state index < -0.39 is 6.10 Å². The molecule has 1 N–H and O–H groups in total. The van der Waals surface area contributed by atoms with Crippen molar-refractivity contribution in [3.8, 4) is 0 Å². The summed E-state index contributed by atoms with van der Waals surface area (Å²) < 4.78 is 1.23. The molecule has 1 heterocycles. The fourth-order valence-corrected chi connectivity index (χ4v) is 4.00. The molecule has 0 aliphatic carbocycles. The van der Waals surface area contributed by atoms with Crippen molar-refractivity contribution >= 4 is 21.4 Å². The number of benzene rings is 2. The molecule has 0 bridgehead atoms. The molecule has 3 aromatic rings. The van der Waals surface area contributed by atoms with Gasteiger partial charge < -0.3 is 5.11 Å². The van der Waals surface area contributed by atoms with Crippen LogP contribution in [0, 0.1) is 27.7 Å². The number of aliphatic hydroxyl groups excluding tert-OH is 1. The molecule has 0 saturated heterocycles. The van der Waals surface area contributed by atoms with Crippen LogP contribution in [0.1, 0.15) is 38.8 Å². The van der Waals surface area contributed by atoms with Crippen LogP contribution in [-0.2, 0) is 0 Å². The number of aryl methyl sites for hydroxylation is 2. The maximum atomic E-state index is 10.9. The maximum absolute atomic E-state index is 10.9. The lowest BCUT2D eigenvalue weighted by Gasteiger charge is -2.19. The van der Waals surface area contributed by atoms with Gasteiger partial charge in [0.1, 0.15) is 6.10 Å². The maximum Gasteiger partial charge on any atom is 0.114 e. The van der Waals surface area contributed by atoms with Crippen molar-refractivity contribution < 1.29 is 5.11 Å². The molecule has 1 atom stereocenters. The van der Waals surface area contributed by atoms with Gasteiger partial charge in [-0.15, -0.1) is 11.3 Å². The summed E-state index contributed by atoms with van der Waals surface area (Å²) >= 11 is 1.68. The predicted molar refractivity (Wildman–Crippen MR) is 91.3 cm³/mol. The fourth-order valence-electron chi connectivity index (χ4n) is 2.94. The number of thiophene rings is 1. The molecule has 0 aliphatic heterocycles. The van der Waals surface area contributed by atoms with Gasteiger partial charge in [-0.25, -0.2) is 0 Å². The molecule has 1 unspecified atom stereocenters. The van der Waals surface area contributed by atoms with Crippen LogP contribution in [0.5, 0.6) is 0 Å². The Bertz CT molecular complexity index is 755. The van der Waals surface area contributed by atoms with E-state index >= 15 is 0 Å². The van der Waals surface area contributed by atoms with E-state index in [0.717, 1.165) is 10.4 Å². The van der Waals surface area contributed by atoms with E-state index in [1.807, 2.05) is 12.1 Å². The topological polar surface area (TPSA) is 20.2 Å². The van der Waals surface area contributed by atoms with E-state index in [-0.39, 0.29) is 0 Å². The minimum absolute atomic E-state index is 0.541. The molecule has 0 fully saturated rings. The highest BCUT2D eigenvalue weighted by atomic mass is 32.1. The van der Waals surface area contributed by atoms with Crippen molar-refractivity contribution in [2.75, 3.05) is 0 Å². The third-order valence-corrected chi connectivity index (χ3v) is 5.58. The Kier molecular flexibility index (Phi) is 3.60. The first-order valence-corrected chi connectivity index (χ1v) is 8.04. The van der Waals surface area contributed by atoms with Gasteiger partial charge in [0, 0.05) is 9.58 Å². The van der Waals surface area contributed by atoms with Crippen LogP contribution in [0.2, 0.25) is 0 Å². The summed E-state index contributed by atoms with van der Waals surface area (Å²) in [6.45, 7) is 8.44. The van der Waals surface area contributed by atoms with Gasteiger partial charge in [-0.05, 0) is 73.0 Å². The Balaban J connectivity index is 2.16. The smallest absolute Gasteiger partial charge is 0.114 e. The van der Waals surface area contributed by atoms with E-state index in [1.165, 1.54) is 32.3 Å². The molecular formula is C19H20OS. The van der Waals surface area contributed by atoms with Crippen molar-refractivity contribution in [3.63, 3.8) is 0 Å². The first-order valence-electron chi connectivity index (χ1n) is 7.23. The largest absolute Gasteiger partial charge is 0.383 e. The summed E-state index contributed by atoms with van der Waals surface area (Å²) in [7, 11) is 0. The summed E-state index contributed by atoms with van der Waals surface area (Å²) in [6, 6.07) is 12.6. The first-order chi connectivity index (χ1) is 9.99. The van der Waals surface area contributed by atoms with Crippen LogP contribution in [0.15, 0.2) is 36.4 Å². The highest BCUT2D eigenvalue weighted by Crippen LogP contribution is 2.36. The lowest BCUT2D eigenvalue weighted by atomic mass is 9.90. The van der Waals surface area contributed by atoms with E-state index in [9.17, 15) is 5.11 Å². The fraction of sp³-hybridized carbons (Fsp3) is 0.263. The molecule has 3 rings (SSSR count). The van der Waals surface area contributed by atoms with E-state index in [0.29, 0.717) is 0 Å².